The van der Waals surface area contributed by atoms with Crippen molar-refractivity contribution in [3.8, 4) is 11.5 Å². The second kappa shape index (κ2) is 11.7. The molecule has 0 unspecified atom stereocenters. The summed E-state index contributed by atoms with van der Waals surface area (Å²) in [4.78, 5) is 11.0. The fraction of sp³-hybridized carbons (Fsp3) is 0.667. The Kier molecular flexibility index (Phi) is 9.17. The van der Waals surface area contributed by atoms with Crippen LogP contribution in [0.5, 0.6) is 11.5 Å². The number of ether oxygens (including phenoxy) is 5. The maximum atomic E-state index is 11.0. The van der Waals surface area contributed by atoms with Gasteiger partial charge in [0.2, 0.25) is 6.29 Å². The third kappa shape index (κ3) is 5.49. The van der Waals surface area contributed by atoms with E-state index in [4.69, 9.17) is 23.7 Å². The van der Waals surface area contributed by atoms with Gasteiger partial charge in [-0.15, -0.1) is 0 Å². The van der Waals surface area contributed by atoms with E-state index in [1.807, 2.05) is 0 Å². The van der Waals surface area contributed by atoms with Crippen LogP contribution in [0.2, 0.25) is 0 Å². The number of hydrogen-bond donors (Lipinski definition) is 7. The number of aliphatic hydroxyl groups is 7. The summed E-state index contributed by atoms with van der Waals surface area (Å²) in [5, 5.41) is 70.4. The molecule has 0 amide bonds. The molecule has 2 aliphatic heterocycles. The van der Waals surface area contributed by atoms with Crippen molar-refractivity contribution in [2.24, 2.45) is 0 Å². The van der Waals surface area contributed by atoms with Crippen LogP contribution in [-0.2, 0) is 14.2 Å². The topological polar surface area (TPSA) is 205 Å². The van der Waals surface area contributed by atoms with Gasteiger partial charge in [-0.05, 0) is 25.1 Å². The summed E-state index contributed by atoms with van der Waals surface area (Å²) in [7, 11) is 0. The monoisotopic (exact) mass is 490 g/mol. The predicted octanol–water partition coefficient (Wildman–Crippen LogP) is -3.10. The molecule has 2 saturated heterocycles. The zero-order chi connectivity index (χ0) is 25.0. The normalized spacial score (nSPS) is 38.4. The number of rotatable bonds is 9. The Morgan fingerprint density at radius 2 is 1.50 bits per heavy atom. The first-order chi connectivity index (χ1) is 16.2. The summed E-state index contributed by atoms with van der Waals surface area (Å²) in [6.07, 6.45) is -15.0. The van der Waals surface area contributed by atoms with Crippen LogP contribution in [0.25, 0.3) is 0 Å². The zero-order valence-corrected chi connectivity index (χ0v) is 18.3. The van der Waals surface area contributed by atoms with Crippen molar-refractivity contribution in [2.75, 3.05) is 19.8 Å². The number of aliphatic hydroxyl groups excluding tert-OH is 7. The van der Waals surface area contributed by atoms with E-state index in [1.54, 1.807) is 6.92 Å². The summed E-state index contributed by atoms with van der Waals surface area (Å²) in [5.74, 6) is 0.298. The van der Waals surface area contributed by atoms with E-state index in [9.17, 15) is 40.5 Å². The van der Waals surface area contributed by atoms with E-state index in [2.05, 4.69) is 0 Å². The molecule has 34 heavy (non-hydrogen) atoms. The smallest absolute Gasteiger partial charge is 0.229 e. The highest BCUT2D eigenvalue weighted by atomic mass is 16.7. The molecule has 0 saturated carbocycles. The van der Waals surface area contributed by atoms with Crippen LogP contribution < -0.4 is 9.47 Å². The summed E-state index contributed by atoms with van der Waals surface area (Å²) < 4.78 is 27.4. The van der Waals surface area contributed by atoms with Crippen LogP contribution >= 0.6 is 0 Å². The third-order valence-electron chi connectivity index (χ3n) is 5.61. The third-order valence-corrected chi connectivity index (χ3v) is 5.61. The quantitative estimate of drug-likeness (QED) is 0.172. The molecular formula is C21H30O13. The van der Waals surface area contributed by atoms with E-state index < -0.39 is 74.6 Å². The number of hydrogen-bond acceptors (Lipinski definition) is 13. The largest absolute Gasteiger partial charge is 0.490 e. The van der Waals surface area contributed by atoms with Gasteiger partial charge in [0, 0.05) is 5.56 Å². The van der Waals surface area contributed by atoms with Crippen LogP contribution in [0.1, 0.15) is 17.3 Å². The Morgan fingerprint density at radius 3 is 2.12 bits per heavy atom. The lowest BCUT2D eigenvalue weighted by atomic mass is 9.97. The standard InChI is InChI=1S/C21H30O13/c1-2-30-11-5-9(6-22)3-4-10(11)31-20-18(29)16(27)19(13(8-24)33-20)34-21-17(28)15(26)14(25)12(7-23)32-21/h3-6,12-21,23-29H,2,7-8H2,1H3/t12-,13-,14-,15+,16-,17-,18-,19-,20-,21-/m1/s1. The van der Waals surface area contributed by atoms with Crippen molar-refractivity contribution in [1.82, 2.24) is 0 Å². The van der Waals surface area contributed by atoms with Gasteiger partial charge in [-0.25, -0.2) is 0 Å². The van der Waals surface area contributed by atoms with Gasteiger partial charge in [-0.1, -0.05) is 0 Å². The predicted molar refractivity (Wildman–Crippen MR) is 110 cm³/mol. The van der Waals surface area contributed by atoms with Gasteiger partial charge in [-0.2, -0.15) is 0 Å². The van der Waals surface area contributed by atoms with E-state index in [1.165, 1.54) is 18.2 Å². The Morgan fingerprint density at radius 1 is 0.853 bits per heavy atom. The minimum Gasteiger partial charge on any atom is -0.490 e. The van der Waals surface area contributed by atoms with E-state index in [0.717, 1.165) is 0 Å². The maximum absolute atomic E-state index is 11.0. The van der Waals surface area contributed by atoms with Crippen LogP contribution in [0, 0.1) is 0 Å². The molecule has 2 heterocycles. The van der Waals surface area contributed by atoms with Crippen molar-refractivity contribution in [3.05, 3.63) is 23.8 Å². The molecule has 3 rings (SSSR count). The first-order valence-electron chi connectivity index (χ1n) is 10.7. The van der Waals surface area contributed by atoms with E-state index in [-0.39, 0.29) is 18.1 Å². The number of benzene rings is 1. The molecule has 0 aromatic heterocycles. The summed E-state index contributed by atoms with van der Waals surface area (Å²) in [6, 6.07) is 4.29. The molecule has 2 aliphatic rings. The fourth-order valence-corrected chi connectivity index (χ4v) is 3.74. The highest BCUT2D eigenvalue weighted by molar-refractivity contribution is 5.76. The molecule has 2 fully saturated rings. The first kappa shape index (κ1) is 26.7. The summed E-state index contributed by atoms with van der Waals surface area (Å²) in [6.45, 7) is 0.579. The molecular weight excluding hydrogens is 460 g/mol. The minimum absolute atomic E-state index is 0.105. The van der Waals surface area contributed by atoms with Gasteiger partial charge in [0.1, 0.15) is 55.1 Å². The van der Waals surface area contributed by atoms with Crippen molar-refractivity contribution in [2.45, 2.75) is 68.3 Å². The number of carbonyl (C=O) groups is 1. The molecule has 1 aromatic carbocycles. The molecule has 0 radical (unpaired) electrons. The first-order valence-corrected chi connectivity index (χ1v) is 10.7. The Balaban J connectivity index is 1.75. The maximum Gasteiger partial charge on any atom is 0.229 e. The summed E-state index contributed by atoms with van der Waals surface area (Å²) >= 11 is 0. The van der Waals surface area contributed by atoms with Gasteiger partial charge in [0.05, 0.1) is 19.8 Å². The zero-order valence-electron chi connectivity index (χ0n) is 18.3. The lowest BCUT2D eigenvalue weighted by Gasteiger charge is -2.45. The molecule has 1 aromatic rings. The van der Waals surface area contributed by atoms with Crippen LogP contribution in [-0.4, -0.2) is 123 Å². The number of carbonyl (C=O) groups excluding carboxylic acids is 1. The molecule has 13 heteroatoms. The molecule has 10 atom stereocenters. The number of aldehydes is 1. The molecule has 192 valence electrons. The van der Waals surface area contributed by atoms with Crippen LogP contribution in [0.3, 0.4) is 0 Å². The summed E-state index contributed by atoms with van der Waals surface area (Å²) in [5.41, 5.74) is 0.321. The molecule has 7 N–H and O–H groups in total. The van der Waals surface area contributed by atoms with Crippen LogP contribution in [0.15, 0.2) is 18.2 Å². The molecule has 0 spiro atoms. The second-order valence-electron chi connectivity index (χ2n) is 7.88. The highest BCUT2D eigenvalue weighted by Crippen LogP contribution is 2.33. The highest BCUT2D eigenvalue weighted by Gasteiger charge is 2.51. The van der Waals surface area contributed by atoms with Crippen molar-refractivity contribution >= 4 is 6.29 Å². The SMILES string of the molecule is CCOc1cc(C=O)ccc1O[C@@H]1O[C@H](CO)[C@@H](O[C@H]2O[C@H](CO)[C@@H](O)[C@H](O)[C@H]2O)[C@H](O)[C@H]1O. The molecule has 13 nitrogen and oxygen atoms in total. The fourth-order valence-electron chi connectivity index (χ4n) is 3.74. The Bertz CT molecular complexity index is 803. The van der Waals surface area contributed by atoms with Gasteiger partial charge < -0.3 is 59.4 Å². The minimum atomic E-state index is -1.76. The van der Waals surface area contributed by atoms with E-state index >= 15 is 0 Å². The molecule has 0 aliphatic carbocycles. The van der Waals surface area contributed by atoms with E-state index in [0.29, 0.717) is 11.8 Å². The average Bonchev–Trinajstić information content (AvgIpc) is 2.84. The van der Waals surface area contributed by atoms with Crippen molar-refractivity contribution < 1.29 is 64.2 Å². The second-order valence-corrected chi connectivity index (χ2v) is 7.88. The van der Waals surface area contributed by atoms with Crippen LogP contribution in [0.4, 0.5) is 0 Å². The van der Waals surface area contributed by atoms with Gasteiger partial charge in [0.15, 0.2) is 17.8 Å². The van der Waals surface area contributed by atoms with Gasteiger partial charge in [0.25, 0.3) is 0 Å². The van der Waals surface area contributed by atoms with Gasteiger partial charge >= 0.3 is 0 Å². The Labute approximate surface area is 194 Å². The van der Waals surface area contributed by atoms with Crippen molar-refractivity contribution in [1.29, 1.82) is 0 Å². The van der Waals surface area contributed by atoms with Crippen molar-refractivity contribution in [3.63, 3.8) is 0 Å². The lowest BCUT2D eigenvalue weighted by molar-refractivity contribution is -0.352. The van der Waals surface area contributed by atoms with Gasteiger partial charge in [-0.3, -0.25) is 4.79 Å². The Hall–Kier alpha value is -1.91. The average molecular weight is 490 g/mol. The molecule has 0 bridgehead atoms. The lowest BCUT2D eigenvalue weighted by Crippen LogP contribution is -2.65.